The molecule has 0 saturated heterocycles. The van der Waals surface area contributed by atoms with E-state index in [1.165, 1.54) is 11.3 Å². The van der Waals surface area contributed by atoms with Gasteiger partial charge in [0.1, 0.15) is 10.8 Å². The molecule has 0 radical (unpaired) electrons. The van der Waals surface area contributed by atoms with Gasteiger partial charge in [-0.2, -0.15) is 0 Å². The van der Waals surface area contributed by atoms with E-state index in [4.69, 9.17) is 14.5 Å². The predicted octanol–water partition coefficient (Wildman–Crippen LogP) is 5.74. The first-order valence-corrected chi connectivity index (χ1v) is 10.9. The van der Waals surface area contributed by atoms with E-state index in [2.05, 4.69) is 6.07 Å². The number of carboxylic acid groups (broad SMARTS) is 1. The highest BCUT2D eigenvalue weighted by Gasteiger charge is 2.32. The highest BCUT2D eigenvalue weighted by atomic mass is 32.1. The van der Waals surface area contributed by atoms with Crippen LogP contribution in [0.2, 0.25) is 0 Å². The van der Waals surface area contributed by atoms with Crippen molar-refractivity contribution in [1.82, 2.24) is 4.98 Å². The molecule has 0 aliphatic carbocycles. The summed E-state index contributed by atoms with van der Waals surface area (Å²) in [5.74, 6) is -0.124. The average molecular weight is 424 g/mol. The largest absolute Gasteiger partial charge is 0.493 e. The van der Waals surface area contributed by atoms with Crippen LogP contribution < -0.4 is 4.74 Å². The van der Waals surface area contributed by atoms with Crippen molar-refractivity contribution in [3.05, 3.63) is 59.0 Å². The molecule has 1 N–H and O–H groups in total. The molecule has 1 aromatic heterocycles. The molecule has 1 aliphatic rings. The van der Waals surface area contributed by atoms with Crippen LogP contribution in [0.15, 0.2) is 48.5 Å². The van der Waals surface area contributed by atoms with E-state index in [1.54, 1.807) is 0 Å². The standard InChI is InChI=1S/C24H25NO4S/c1-24(2,3)29-20(23(26)27)21-19(25-22(30-21)15-8-5-4-6-9-15)17-11-12-18-16(14-17)10-7-13-28-18/h4-6,8-9,11-12,14,20H,7,10,13H2,1-3H3,(H,26,27). The molecule has 3 aromatic rings. The SMILES string of the molecule is CC(C)(C)OC(C(=O)O)c1sc(-c2ccccc2)nc1-c1ccc2c(c1)CCCO2. The van der Waals surface area contributed by atoms with Crippen LogP contribution in [0, 0.1) is 0 Å². The van der Waals surface area contributed by atoms with Gasteiger partial charge >= 0.3 is 5.97 Å². The van der Waals surface area contributed by atoms with E-state index in [9.17, 15) is 9.90 Å². The maximum atomic E-state index is 12.2. The number of aryl methyl sites for hydroxylation is 1. The summed E-state index contributed by atoms with van der Waals surface area (Å²) in [6.07, 6.45) is 0.817. The van der Waals surface area contributed by atoms with Crippen LogP contribution in [0.1, 0.15) is 43.7 Å². The van der Waals surface area contributed by atoms with Crippen LogP contribution in [0.5, 0.6) is 5.75 Å². The number of rotatable bonds is 5. The first-order valence-electron chi connectivity index (χ1n) is 10.0. The molecule has 1 unspecified atom stereocenters. The lowest BCUT2D eigenvalue weighted by Crippen LogP contribution is -2.27. The van der Waals surface area contributed by atoms with E-state index in [0.717, 1.165) is 46.9 Å². The molecule has 1 aliphatic heterocycles. The number of carboxylic acids is 1. The van der Waals surface area contributed by atoms with Gasteiger partial charge in [0.15, 0.2) is 6.10 Å². The molecule has 1 atom stereocenters. The zero-order valence-corrected chi connectivity index (χ0v) is 18.2. The van der Waals surface area contributed by atoms with Crippen molar-refractivity contribution in [3.8, 4) is 27.6 Å². The minimum atomic E-state index is -1.10. The van der Waals surface area contributed by atoms with Crippen LogP contribution in [0.4, 0.5) is 0 Å². The van der Waals surface area contributed by atoms with Crippen LogP contribution >= 0.6 is 11.3 Å². The number of aromatic nitrogens is 1. The van der Waals surface area contributed by atoms with Crippen LogP contribution in [0.3, 0.4) is 0 Å². The third kappa shape index (κ3) is 4.40. The maximum Gasteiger partial charge on any atom is 0.338 e. The number of nitrogens with zero attached hydrogens (tertiary/aromatic N) is 1. The summed E-state index contributed by atoms with van der Waals surface area (Å²) in [7, 11) is 0. The van der Waals surface area contributed by atoms with Gasteiger partial charge in [0.25, 0.3) is 0 Å². The lowest BCUT2D eigenvalue weighted by Gasteiger charge is -2.25. The minimum Gasteiger partial charge on any atom is -0.493 e. The summed E-state index contributed by atoms with van der Waals surface area (Å²) in [5.41, 5.74) is 3.01. The van der Waals surface area contributed by atoms with Gasteiger partial charge in [-0.05, 0) is 57.4 Å². The number of hydrogen-bond donors (Lipinski definition) is 1. The first kappa shape index (κ1) is 20.6. The van der Waals surface area contributed by atoms with E-state index in [-0.39, 0.29) is 0 Å². The molecular weight excluding hydrogens is 398 g/mol. The van der Waals surface area contributed by atoms with E-state index < -0.39 is 17.7 Å². The molecule has 0 fully saturated rings. The Morgan fingerprint density at radius 2 is 1.93 bits per heavy atom. The fraction of sp³-hybridized carbons (Fsp3) is 0.333. The number of carbonyl (C=O) groups is 1. The molecule has 0 bridgehead atoms. The number of hydrogen-bond acceptors (Lipinski definition) is 5. The molecule has 30 heavy (non-hydrogen) atoms. The van der Waals surface area contributed by atoms with Crippen LogP contribution in [-0.2, 0) is 16.0 Å². The van der Waals surface area contributed by atoms with Crippen molar-refractivity contribution >= 4 is 17.3 Å². The highest BCUT2D eigenvalue weighted by molar-refractivity contribution is 7.15. The number of fused-ring (bicyclic) bond motifs is 1. The van der Waals surface area contributed by atoms with Crippen molar-refractivity contribution in [1.29, 1.82) is 0 Å². The van der Waals surface area contributed by atoms with Gasteiger partial charge in [0.2, 0.25) is 0 Å². The highest BCUT2D eigenvalue weighted by Crippen LogP contribution is 2.41. The van der Waals surface area contributed by atoms with Crippen molar-refractivity contribution in [2.24, 2.45) is 0 Å². The molecule has 0 amide bonds. The third-order valence-electron chi connectivity index (χ3n) is 4.79. The summed E-state index contributed by atoms with van der Waals surface area (Å²) < 4.78 is 11.7. The average Bonchev–Trinajstić information content (AvgIpc) is 3.16. The molecule has 156 valence electrons. The van der Waals surface area contributed by atoms with Crippen molar-refractivity contribution in [2.75, 3.05) is 6.61 Å². The molecule has 0 spiro atoms. The van der Waals surface area contributed by atoms with Gasteiger partial charge in [-0.15, -0.1) is 11.3 Å². The van der Waals surface area contributed by atoms with E-state index in [0.29, 0.717) is 10.6 Å². The zero-order valence-electron chi connectivity index (χ0n) is 17.3. The quantitative estimate of drug-likeness (QED) is 0.566. The van der Waals surface area contributed by atoms with Gasteiger partial charge in [0, 0.05) is 11.1 Å². The lowest BCUT2D eigenvalue weighted by molar-refractivity contribution is -0.160. The third-order valence-corrected chi connectivity index (χ3v) is 5.94. The Labute approximate surface area is 180 Å². The smallest absolute Gasteiger partial charge is 0.338 e. The van der Waals surface area contributed by atoms with Gasteiger partial charge in [-0.3, -0.25) is 0 Å². The second-order valence-electron chi connectivity index (χ2n) is 8.32. The second kappa shape index (κ2) is 8.20. The van der Waals surface area contributed by atoms with Gasteiger partial charge in [0.05, 0.1) is 22.8 Å². The summed E-state index contributed by atoms with van der Waals surface area (Å²) >= 11 is 1.37. The number of benzene rings is 2. The van der Waals surface area contributed by atoms with Gasteiger partial charge in [-0.1, -0.05) is 30.3 Å². The molecule has 4 rings (SSSR count). The normalized spacial score (nSPS) is 14.6. The van der Waals surface area contributed by atoms with Crippen LogP contribution in [-0.4, -0.2) is 28.3 Å². The summed E-state index contributed by atoms with van der Waals surface area (Å²) in [5, 5.41) is 10.7. The van der Waals surface area contributed by atoms with E-state index in [1.807, 2.05) is 63.2 Å². The van der Waals surface area contributed by atoms with Crippen LogP contribution in [0.25, 0.3) is 21.8 Å². The summed E-state index contributed by atoms with van der Waals surface area (Å²) in [6.45, 7) is 6.31. The Hall–Kier alpha value is -2.70. The topological polar surface area (TPSA) is 68.7 Å². The second-order valence-corrected chi connectivity index (χ2v) is 9.35. The molecule has 2 aromatic carbocycles. The Kier molecular flexibility index (Phi) is 5.62. The lowest BCUT2D eigenvalue weighted by atomic mass is 10.0. The number of ether oxygens (including phenoxy) is 2. The first-order chi connectivity index (χ1) is 14.3. The molecular formula is C24H25NO4S. The summed E-state index contributed by atoms with van der Waals surface area (Å²) in [6, 6.07) is 15.8. The Morgan fingerprint density at radius 1 is 1.17 bits per heavy atom. The molecule has 2 heterocycles. The van der Waals surface area contributed by atoms with Gasteiger partial charge < -0.3 is 14.6 Å². The maximum absolute atomic E-state index is 12.2. The predicted molar refractivity (Wildman–Crippen MR) is 118 cm³/mol. The Balaban J connectivity index is 1.85. The number of thiazole rings is 1. The Bertz CT molecular complexity index is 1050. The van der Waals surface area contributed by atoms with Crippen molar-refractivity contribution < 1.29 is 19.4 Å². The molecule has 6 heteroatoms. The zero-order chi connectivity index (χ0) is 21.3. The fourth-order valence-electron chi connectivity index (χ4n) is 3.50. The number of aliphatic carboxylic acids is 1. The summed E-state index contributed by atoms with van der Waals surface area (Å²) in [4.78, 5) is 17.6. The molecule has 0 saturated carbocycles. The van der Waals surface area contributed by atoms with Gasteiger partial charge in [-0.25, -0.2) is 9.78 Å². The Morgan fingerprint density at radius 3 is 2.63 bits per heavy atom. The minimum absolute atomic E-state index is 0.605. The van der Waals surface area contributed by atoms with Crippen molar-refractivity contribution in [3.63, 3.8) is 0 Å². The molecule has 5 nitrogen and oxygen atoms in total. The monoisotopic (exact) mass is 423 g/mol. The fourth-order valence-corrected chi connectivity index (χ4v) is 4.61. The van der Waals surface area contributed by atoms with E-state index >= 15 is 0 Å². The van der Waals surface area contributed by atoms with Crippen molar-refractivity contribution in [2.45, 2.75) is 45.3 Å².